The Hall–Kier alpha value is -1.42. The molecule has 1 aromatic rings. The van der Waals surface area contributed by atoms with E-state index in [0.717, 1.165) is 0 Å². The van der Waals surface area contributed by atoms with Gasteiger partial charge in [-0.05, 0) is 17.7 Å². The third-order valence-corrected chi connectivity index (χ3v) is 5.49. The standard InChI is InChI=1S/C15H16BrNO7/c16-10-4-13-12(21-7-22-13)3-8(10)9-5-15(23-1-2-24-15)6-11(18)14(9)17(19)20/h3-4,9,11,14,18H,1-2,5-7H2. The van der Waals surface area contributed by atoms with Crippen LogP contribution in [0, 0.1) is 10.1 Å². The molecule has 130 valence electrons. The summed E-state index contributed by atoms with van der Waals surface area (Å²) in [6.07, 6.45) is -0.764. The molecule has 2 heterocycles. The van der Waals surface area contributed by atoms with Gasteiger partial charge in [0, 0.05) is 22.2 Å². The fourth-order valence-electron chi connectivity index (χ4n) is 3.78. The zero-order valence-electron chi connectivity index (χ0n) is 12.6. The molecule has 0 amide bonds. The first-order valence-electron chi connectivity index (χ1n) is 7.68. The molecule has 24 heavy (non-hydrogen) atoms. The lowest BCUT2D eigenvalue weighted by molar-refractivity contribution is -0.546. The Bertz CT molecular complexity index is 676. The molecule has 0 bridgehead atoms. The molecule has 2 aliphatic heterocycles. The van der Waals surface area contributed by atoms with Gasteiger partial charge in [0.25, 0.3) is 0 Å². The predicted octanol–water partition coefficient (Wildman–Crippen LogP) is 1.80. The van der Waals surface area contributed by atoms with Crippen LogP contribution in [-0.2, 0) is 9.47 Å². The van der Waals surface area contributed by atoms with E-state index >= 15 is 0 Å². The van der Waals surface area contributed by atoms with Crippen molar-refractivity contribution in [3.05, 3.63) is 32.3 Å². The second-order valence-electron chi connectivity index (χ2n) is 6.19. The van der Waals surface area contributed by atoms with Crippen molar-refractivity contribution in [1.29, 1.82) is 0 Å². The number of rotatable bonds is 2. The van der Waals surface area contributed by atoms with Gasteiger partial charge in [-0.25, -0.2) is 0 Å². The van der Waals surface area contributed by atoms with E-state index in [2.05, 4.69) is 15.9 Å². The molecule has 4 rings (SSSR count). The zero-order valence-corrected chi connectivity index (χ0v) is 14.2. The van der Waals surface area contributed by atoms with Gasteiger partial charge in [-0.15, -0.1) is 0 Å². The normalized spacial score (nSPS) is 30.7. The molecule has 8 nitrogen and oxygen atoms in total. The molecule has 1 aliphatic carbocycles. The number of ether oxygens (including phenoxy) is 4. The third-order valence-electron chi connectivity index (χ3n) is 4.81. The van der Waals surface area contributed by atoms with Gasteiger partial charge in [0.15, 0.2) is 17.3 Å². The van der Waals surface area contributed by atoms with Crippen molar-refractivity contribution in [2.75, 3.05) is 20.0 Å². The molecule has 1 saturated carbocycles. The largest absolute Gasteiger partial charge is 0.454 e. The number of nitro groups is 1. The van der Waals surface area contributed by atoms with Gasteiger partial charge in [0.05, 0.1) is 19.1 Å². The molecule has 3 atom stereocenters. The summed E-state index contributed by atoms with van der Waals surface area (Å²) in [5, 5.41) is 22.0. The van der Waals surface area contributed by atoms with E-state index in [-0.39, 0.29) is 13.2 Å². The molecule has 1 spiro atoms. The fraction of sp³-hybridized carbons (Fsp3) is 0.600. The molecule has 1 saturated heterocycles. The maximum atomic E-state index is 11.6. The van der Waals surface area contributed by atoms with Crippen LogP contribution < -0.4 is 9.47 Å². The second kappa shape index (κ2) is 5.83. The Morgan fingerprint density at radius 2 is 1.88 bits per heavy atom. The summed E-state index contributed by atoms with van der Waals surface area (Å²) < 4.78 is 22.8. The summed E-state index contributed by atoms with van der Waals surface area (Å²) in [7, 11) is 0. The van der Waals surface area contributed by atoms with Crippen molar-refractivity contribution in [2.45, 2.75) is 36.7 Å². The van der Waals surface area contributed by atoms with E-state index in [1.54, 1.807) is 12.1 Å². The van der Waals surface area contributed by atoms with Crippen molar-refractivity contribution in [1.82, 2.24) is 0 Å². The minimum absolute atomic E-state index is 0.0946. The zero-order chi connectivity index (χ0) is 16.9. The lowest BCUT2D eigenvalue weighted by atomic mass is 9.75. The Labute approximate surface area is 145 Å². The van der Waals surface area contributed by atoms with Gasteiger partial charge in [-0.2, -0.15) is 0 Å². The number of nitrogens with zero attached hydrogens (tertiary/aromatic N) is 1. The lowest BCUT2D eigenvalue weighted by Gasteiger charge is -2.40. The van der Waals surface area contributed by atoms with Gasteiger partial charge in [-0.3, -0.25) is 10.1 Å². The average Bonchev–Trinajstić information content (AvgIpc) is 3.14. The highest BCUT2D eigenvalue weighted by Gasteiger charge is 2.55. The van der Waals surface area contributed by atoms with Gasteiger partial charge < -0.3 is 24.1 Å². The maximum Gasteiger partial charge on any atom is 0.245 e. The number of hydrogen-bond donors (Lipinski definition) is 1. The number of halogens is 1. The smallest absolute Gasteiger partial charge is 0.245 e. The first-order chi connectivity index (χ1) is 11.5. The molecule has 1 aromatic carbocycles. The summed E-state index contributed by atoms with van der Waals surface area (Å²) >= 11 is 3.46. The first-order valence-corrected chi connectivity index (χ1v) is 8.47. The summed E-state index contributed by atoms with van der Waals surface area (Å²) in [4.78, 5) is 11.2. The van der Waals surface area contributed by atoms with Gasteiger partial charge in [-0.1, -0.05) is 15.9 Å². The van der Waals surface area contributed by atoms with Crippen LogP contribution in [0.2, 0.25) is 0 Å². The molecule has 2 fully saturated rings. The highest BCUT2D eigenvalue weighted by molar-refractivity contribution is 9.10. The highest BCUT2D eigenvalue weighted by Crippen LogP contribution is 2.48. The summed E-state index contributed by atoms with van der Waals surface area (Å²) in [5.41, 5.74) is 0.679. The SMILES string of the molecule is O=[N+]([O-])C1C(O)CC2(CC1c1cc3c(cc1Br)OCO3)OCCO2. The predicted molar refractivity (Wildman–Crippen MR) is 83.7 cm³/mol. The molecule has 0 radical (unpaired) electrons. The van der Waals surface area contributed by atoms with Crippen LogP contribution in [0.5, 0.6) is 11.5 Å². The monoisotopic (exact) mass is 401 g/mol. The van der Waals surface area contributed by atoms with Crippen LogP contribution in [0.3, 0.4) is 0 Å². The Kier molecular flexibility index (Phi) is 3.91. The van der Waals surface area contributed by atoms with Crippen molar-refractivity contribution < 1.29 is 29.0 Å². The minimum atomic E-state index is -1.16. The molecular weight excluding hydrogens is 386 g/mol. The quantitative estimate of drug-likeness (QED) is 0.595. The molecule has 1 N–H and O–H groups in total. The number of benzene rings is 1. The van der Waals surface area contributed by atoms with Gasteiger partial charge in [0.2, 0.25) is 12.8 Å². The number of aliphatic hydroxyl groups excluding tert-OH is 1. The van der Waals surface area contributed by atoms with Crippen LogP contribution in [0.15, 0.2) is 16.6 Å². The fourth-order valence-corrected chi connectivity index (χ4v) is 4.39. The van der Waals surface area contributed by atoms with Crippen molar-refractivity contribution >= 4 is 15.9 Å². The molecule has 3 unspecified atom stereocenters. The van der Waals surface area contributed by atoms with E-state index in [1.807, 2.05) is 0 Å². The summed E-state index contributed by atoms with van der Waals surface area (Å²) in [6.45, 7) is 0.961. The van der Waals surface area contributed by atoms with Crippen LogP contribution in [-0.4, -0.2) is 48.0 Å². The van der Waals surface area contributed by atoms with Crippen LogP contribution in [0.1, 0.15) is 24.3 Å². The van der Waals surface area contributed by atoms with Crippen LogP contribution >= 0.6 is 15.9 Å². The van der Waals surface area contributed by atoms with Gasteiger partial charge >= 0.3 is 0 Å². The van der Waals surface area contributed by atoms with Gasteiger partial charge in [0.1, 0.15) is 6.10 Å². The second-order valence-corrected chi connectivity index (χ2v) is 7.05. The molecular formula is C15H16BrNO7. The number of aliphatic hydroxyl groups is 1. The molecule has 3 aliphatic rings. The van der Waals surface area contributed by atoms with Crippen molar-refractivity contribution in [3.8, 4) is 11.5 Å². The van der Waals surface area contributed by atoms with Crippen molar-refractivity contribution in [2.24, 2.45) is 0 Å². The topological polar surface area (TPSA) is 100 Å². The van der Waals surface area contributed by atoms with E-state index in [4.69, 9.17) is 18.9 Å². The lowest BCUT2D eigenvalue weighted by Crippen LogP contribution is -2.52. The summed E-state index contributed by atoms with van der Waals surface area (Å²) in [6, 6.07) is 2.33. The Morgan fingerprint density at radius 1 is 1.21 bits per heavy atom. The Balaban J connectivity index is 1.76. The average molecular weight is 402 g/mol. The maximum absolute atomic E-state index is 11.6. The highest BCUT2D eigenvalue weighted by atomic mass is 79.9. The Morgan fingerprint density at radius 3 is 2.54 bits per heavy atom. The summed E-state index contributed by atoms with van der Waals surface area (Å²) in [5.74, 6) is -0.419. The third kappa shape index (κ3) is 2.55. The molecule has 0 aromatic heterocycles. The number of hydrogen-bond acceptors (Lipinski definition) is 7. The van der Waals surface area contributed by atoms with Crippen LogP contribution in [0.25, 0.3) is 0 Å². The first kappa shape index (κ1) is 16.1. The van der Waals surface area contributed by atoms with Crippen LogP contribution in [0.4, 0.5) is 0 Å². The number of fused-ring (bicyclic) bond motifs is 1. The van der Waals surface area contributed by atoms with E-state index in [9.17, 15) is 15.2 Å². The van der Waals surface area contributed by atoms with E-state index in [1.165, 1.54) is 0 Å². The van der Waals surface area contributed by atoms with Crippen molar-refractivity contribution in [3.63, 3.8) is 0 Å². The van der Waals surface area contributed by atoms with E-state index in [0.29, 0.717) is 41.2 Å². The van der Waals surface area contributed by atoms with E-state index < -0.39 is 28.8 Å². The minimum Gasteiger partial charge on any atom is -0.454 e. The molecule has 9 heteroatoms.